The highest BCUT2D eigenvalue weighted by molar-refractivity contribution is 5.96. The van der Waals surface area contributed by atoms with E-state index in [2.05, 4.69) is 19.9 Å². The average Bonchev–Trinajstić information content (AvgIpc) is 3.12. The molecule has 98 valence electrons. The SMILES string of the molecule is CC(C)c1ccc(OC2CC2)c(C(=O)N(C)C)c1. The molecule has 0 N–H and O–H groups in total. The van der Waals surface area contributed by atoms with Gasteiger partial charge in [0, 0.05) is 14.1 Å². The number of benzene rings is 1. The minimum absolute atomic E-state index is 0.00755. The van der Waals surface area contributed by atoms with Crippen LogP contribution in [0.4, 0.5) is 0 Å². The molecule has 3 heteroatoms. The third kappa shape index (κ3) is 2.84. The number of ether oxygens (including phenoxy) is 1. The zero-order valence-electron chi connectivity index (χ0n) is 11.6. The van der Waals surface area contributed by atoms with Gasteiger partial charge in [-0.3, -0.25) is 4.79 Å². The second-order valence-corrected chi connectivity index (χ2v) is 5.43. The van der Waals surface area contributed by atoms with E-state index in [1.807, 2.05) is 12.1 Å². The van der Waals surface area contributed by atoms with Crippen LogP contribution in [-0.2, 0) is 0 Å². The maximum Gasteiger partial charge on any atom is 0.257 e. The summed E-state index contributed by atoms with van der Waals surface area (Å²) in [5, 5.41) is 0. The van der Waals surface area contributed by atoms with Crippen LogP contribution < -0.4 is 4.74 Å². The molecule has 1 saturated carbocycles. The molecule has 1 aliphatic carbocycles. The molecule has 0 aliphatic heterocycles. The average molecular weight is 247 g/mol. The van der Waals surface area contributed by atoms with Crippen LogP contribution in [0.15, 0.2) is 18.2 Å². The molecule has 0 radical (unpaired) electrons. The fourth-order valence-electron chi connectivity index (χ4n) is 1.78. The fourth-order valence-corrected chi connectivity index (χ4v) is 1.78. The summed E-state index contributed by atoms with van der Waals surface area (Å²) in [5.41, 5.74) is 1.85. The Morgan fingerprint density at radius 3 is 2.50 bits per heavy atom. The number of carbonyl (C=O) groups excluding carboxylic acids is 1. The molecule has 3 nitrogen and oxygen atoms in total. The third-order valence-electron chi connectivity index (χ3n) is 3.12. The molecule has 1 aromatic carbocycles. The summed E-state index contributed by atoms with van der Waals surface area (Å²) in [7, 11) is 3.54. The van der Waals surface area contributed by atoms with Crippen LogP contribution in [0.3, 0.4) is 0 Å². The molecule has 0 unspecified atom stereocenters. The first-order valence-corrected chi connectivity index (χ1v) is 6.51. The van der Waals surface area contributed by atoms with Crippen molar-refractivity contribution in [2.24, 2.45) is 0 Å². The van der Waals surface area contributed by atoms with Gasteiger partial charge in [-0.25, -0.2) is 0 Å². The van der Waals surface area contributed by atoms with Crippen molar-refractivity contribution in [1.82, 2.24) is 4.90 Å². The molecule has 0 heterocycles. The monoisotopic (exact) mass is 247 g/mol. The van der Waals surface area contributed by atoms with Crippen molar-refractivity contribution >= 4 is 5.91 Å². The quantitative estimate of drug-likeness (QED) is 0.818. The highest BCUT2D eigenvalue weighted by atomic mass is 16.5. The maximum atomic E-state index is 12.2. The zero-order valence-corrected chi connectivity index (χ0v) is 11.6. The van der Waals surface area contributed by atoms with Gasteiger partial charge in [-0.1, -0.05) is 19.9 Å². The van der Waals surface area contributed by atoms with Gasteiger partial charge in [-0.15, -0.1) is 0 Å². The zero-order chi connectivity index (χ0) is 13.3. The minimum Gasteiger partial charge on any atom is -0.490 e. The molecule has 2 rings (SSSR count). The molecular weight excluding hydrogens is 226 g/mol. The number of amides is 1. The summed E-state index contributed by atoms with van der Waals surface area (Å²) in [5.74, 6) is 1.14. The molecule has 18 heavy (non-hydrogen) atoms. The van der Waals surface area contributed by atoms with Gasteiger partial charge in [0.05, 0.1) is 11.7 Å². The van der Waals surface area contributed by atoms with Crippen molar-refractivity contribution < 1.29 is 9.53 Å². The lowest BCUT2D eigenvalue weighted by molar-refractivity contribution is 0.0822. The summed E-state index contributed by atoms with van der Waals surface area (Å²) >= 11 is 0. The lowest BCUT2D eigenvalue weighted by Crippen LogP contribution is -2.23. The van der Waals surface area contributed by atoms with Gasteiger partial charge in [0.1, 0.15) is 5.75 Å². The molecule has 0 atom stereocenters. The van der Waals surface area contributed by atoms with E-state index in [1.165, 1.54) is 5.56 Å². The largest absolute Gasteiger partial charge is 0.490 e. The molecule has 0 spiro atoms. The van der Waals surface area contributed by atoms with Gasteiger partial charge in [0.2, 0.25) is 0 Å². The summed E-state index contributed by atoms with van der Waals surface area (Å²) in [6.07, 6.45) is 2.51. The van der Waals surface area contributed by atoms with Crippen LogP contribution in [0.5, 0.6) is 5.75 Å². The van der Waals surface area contributed by atoms with E-state index < -0.39 is 0 Å². The van der Waals surface area contributed by atoms with E-state index in [-0.39, 0.29) is 5.91 Å². The smallest absolute Gasteiger partial charge is 0.257 e. The fraction of sp³-hybridized carbons (Fsp3) is 0.533. The van der Waals surface area contributed by atoms with E-state index in [1.54, 1.807) is 19.0 Å². The number of rotatable bonds is 4. The predicted octanol–water partition coefficient (Wildman–Crippen LogP) is 3.05. The lowest BCUT2D eigenvalue weighted by Gasteiger charge is -2.17. The van der Waals surface area contributed by atoms with Crippen molar-refractivity contribution in [3.63, 3.8) is 0 Å². The molecule has 1 amide bonds. The minimum atomic E-state index is 0.00755. The van der Waals surface area contributed by atoms with Crippen LogP contribution >= 0.6 is 0 Å². The first-order chi connectivity index (χ1) is 8.49. The predicted molar refractivity (Wildman–Crippen MR) is 72.2 cm³/mol. The highest BCUT2D eigenvalue weighted by Gasteiger charge is 2.26. The van der Waals surface area contributed by atoms with Crippen molar-refractivity contribution in [2.75, 3.05) is 14.1 Å². The second-order valence-electron chi connectivity index (χ2n) is 5.43. The first-order valence-electron chi connectivity index (χ1n) is 6.51. The lowest BCUT2D eigenvalue weighted by atomic mass is 10.00. The van der Waals surface area contributed by atoms with E-state index in [0.717, 1.165) is 18.6 Å². The van der Waals surface area contributed by atoms with Gasteiger partial charge in [-0.05, 0) is 36.5 Å². The Balaban J connectivity index is 2.35. The van der Waals surface area contributed by atoms with Gasteiger partial charge >= 0.3 is 0 Å². The Labute approximate surface area is 109 Å². The van der Waals surface area contributed by atoms with Crippen molar-refractivity contribution in [3.8, 4) is 5.75 Å². The second kappa shape index (κ2) is 5.01. The van der Waals surface area contributed by atoms with Crippen molar-refractivity contribution in [3.05, 3.63) is 29.3 Å². The Bertz CT molecular complexity index is 448. The van der Waals surface area contributed by atoms with E-state index in [9.17, 15) is 4.79 Å². The molecule has 0 saturated heterocycles. The van der Waals surface area contributed by atoms with Crippen LogP contribution in [0.25, 0.3) is 0 Å². The topological polar surface area (TPSA) is 29.5 Å². The highest BCUT2D eigenvalue weighted by Crippen LogP contribution is 2.31. The van der Waals surface area contributed by atoms with Crippen LogP contribution in [0.1, 0.15) is 48.5 Å². The molecule has 0 bridgehead atoms. The Kier molecular flexibility index (Phi) is 3.60. The van der Waals surface area contributed by atoms with Crippen molar-refractivity contribution in [2.45, 2.75) is 38.7 Å². The maximum absolute atomic E-state index is 12.2. The molecule has 1 aromatic rings. The summed E-state index contributed by atoms with van der Waals surface area (Å²) < 4.78 is 5.81. The van der Waals surface area contributed by atoms with Crippen LogP contribution in [0.2, 0.25) is 0 Å². The normalized spacial score (nSPS) is 14.7. The van der Waals surface area contributed by atoms with Gasteiger partial charge in [0.25, 0.3) is 5.91 Å². The van der Waals surface area contributed by atoms with Gasteiger partial charge in [0.15, 0.2) is 0 Å². The Morgan fingerprint density at radius 1 is 1.33 bits per heavy atom. The van der Waals surface area contributed by atoms with Crippen molar-refractivity contribution in [1.29, 1.82) is 0 Å². The number of hydrogen-bond acceptors (Lipinski definition) is 2. The Hall–Kier alpha value is -1.51. The van der Waals surface area contributed by atoms with E-state index >= 15 is 0 Å². The summed E-state index contributed by atoms with van der Waals surface area (Å²) in [6, 6.07) is 5.95. The summed E-state index contributed by atoms with van der Waals surface area (Å²) in [6.45, 7) is 4.25. The third-order valence-corrected chi connectivity index (χ3v) is 3.12. The van der Waals surface area contributed by atoms with Gasteiger partial charge < -0.3 is 9.64 Å². The number of nitrogens with zero attached hydrogens (tertiary/aromatic N) is 1. The van der Waals surface area contributed by atoms with Crippen LogP contribution in [0, 0.1) is 0 Å². The Morgan fingerprint density at radius 2 is 2.00 bits per heavy atom. The van der Waals surface area contributed by atoms with E-state index in [4.69, 9.17) is 4.74 Å². The molecular formula is C15H21NO2. The van der Waals surface area contributed by atoms with E-state index in [0.29, 0.717) is 17.6 Å². The molecule has 1 fully saturated rings. The van der Waals surface area contributed by atoms with Crippen LogP contribution in [-0.4, -0.2) is 31.0 Å². The standard InChI is InChI=1S/C15H21NO2/c1-10(2)11-5-8-14(18-12-6-7-12)13(9-11)15(17)16(3)4/h5,8-10,12H,6-7H2,1-4H3. The number of hydrogen-bond donors (Lipinski definition) is 0. The number of carbonyl (C=O) groups is 1. The molecule has 0 aromatic heterocycles. The first kappa shape index (κ1) is 12.9. The molecule has 1 aliphatic rings. The summed E-state index contributed by atoms with van der Waals surface area (Å²) in [4.78, 5) is 13.8. The van der Waals surface area contributed by atoms with Gasteiger partial charge in [-0.2, -0.15) is 0 Å².